The number of benzene rings is 1. The van der Waals surface area contributed by atoms with Crippen LogP contribution in [0, 0.1) is 5.92 Å². The number of rotatable bonds is 5. The van der Waals surface area contributed by atoms with E-state index in [0.717, 1.165) is 12.3 Å². The first-order valence-corrected chi connectivity index (χ1v) is 9.66. The SMILES string of the molecule is NS(=O)(=O)c1cc(Br)c(OCCC2CCCC2)c(Br)c1. The minimum Gasteiger partial charge on any atom is -0.491 e. The van der Waals surface area contributed by atoms with Gasteiger partial charge in [0.25, 0.3) is 0 Å². The van der Waals surface area contributed by atoms with E-state index in [-0.39, 0.29) is 4.90 Å². The molecule has 112 valence electrons. The first kappa shape index (κ1) is 16.3. The van der Waals surface area contributed by atoms with Gasteiger partial charge in [0.15, 0.2) is 0 Å². The fourth-order valence-electron chi connectivity index (χ4n) is 2.47. The van der Waals surface area contributed by atoms with E-state index in [1.54, 1.807) is 0 Å². The van der Waals surface area contributed by atoms with Crippen LogP contribution in [0.4, 0.5) is 0 Å². The lowest BCUT2D eigenvalue weighted by molar-refractivity contribution is 0.276. The van der Waals surface area contributed by atoms with E-state index >= 15 is 0 Å². The quantitative estimate of drug-likeness (QED) is 0.777. The standard InChI is InChI=1S/C13H17Br2NO3S/c14-11-7-10(20(16,17)18)8-12(15)13(11)19-6-5-9-3-1-2-4-9/h7-9H,1-6H2,(H2,16,17,18). The van der Waals surface area contributed by atoms with Crippen LogP contribution in [0.25, 0.3) is 0 Å². The van der Waals surface area contributed by atoms with Crippen molar-refractivity contribution < 1.29 is 13.2 Å². The molecule has 1 aromatic rings. The summed E-state index contributed by atoms with van der Waals surface area (Å²) in [5.74, 6) is 1.38. The maximum Gasteiger partial charge on any atom is 0.238 e. The fourth-order valence-corrected chi connectivity index (χ4v) is 4.75. The van der Waals surface area contributed by atoms with E-state index in [0.29, 0.717) is 21.3 Å². The molecule has 0 saturated heterocycles. The molecule has 1 aliphatic carbocycles. The van der Waals surface area contributed by atoms with Crippen LogP contribution in [0.2, 0.25) is 0 Å². The maximum absolute atomic E-state index is 11.3. The predicted octanol–water partition coefficient (Wildman–Crippen LogP) is 3.82. The molecular weight excluding hydrogens is 410 g/mol. The molecule has 7 heteroatoms. The van der Waals surface area contributed by atoms with E-state index in [4.69, 9.17) is 9.88 Å². The largest absolute Gasteiger partial charge is 0.491 e. The summed E-state index contributed by atoms with van der Waals surface area (Å²) in [7, 11) is -3.71. The summed E-state index contributed by atoms with van der Waals surface area (Å²) in [5, 5.41) is 5.12. The molecule has 0 heterocycles. The minimum atomic E-state index is -3.71. The number of primary sulfonamides is 1. The highest BCUT2D eigenvalue weighted by atomic mass is 79.9. The molecular formula is C13H17Br2NO3S. The lowest BCUT2D eigenvalue weighted by Gasteiger charge is -2.14. The minimum absolute atomic E-state index is 0.0550. The van der Waals surface area contributed by atoms with Crippen molar-refractivity contribution in [3.05, 3.63) is 21.1 Å². The van der Waals surface area contributed by atoms with Crippen LogP contribution < -0.4 is 9.88 Å². The molecule has 0 unspecified atom stereocenters. The molecule has 0 radical (unpaired) electrons. The van der Waals surface area contributed by atoms with Gasteiger partial charge >= 0.3 is 0 Å². The Hall–Kier alpha value is -0.110. The van der Waals surface area contributed by atoms with Crippen LogP contribution >= 0.6 is 31.9 Å². The molecule has 1 fully saturated rings. The van der Waals surface area contributed by atoms with Crippen LogP contribution in [0.1, 0.15) is 32.1 Å². The number of hydrogen-bond donors (Lipinski definition) is 1. The zero-order chi connectivity index (χ0) is 14.8. The van der Waals surface area contributed by atoms with Gasteiger partial charge in [0.1, 0.15) is 5.75 Å². The molecule has 1 aliphatic rings. The molecule has 0 aliphatic heterocycles. The molecule has 4 nitrogen and oxygen atoms in total. The number of nitrogens with two attached hydrogens (primary N) is 1. The molecule has 2 rings (SSSR count). The molecule has 1 saturated carbocycles. The van der Waals surface area contributed by atoms with Crippen LogP contribution in [-0.4, -0.2) is 15.0 Å². The first-order chi connectivity index (χ1) is 9.38. The first-order valence-electron chi connectivity index (χ1n) is 6.52. The summed E-state index contributed by atoms with van der Waals surface area (Å²) in [4.78, 5) is 0.0550. The van der Waals surface area contributed by atoms with Gasteiger partial charge in [-0.2, -0.15) is 0 Å². The average molecular weight is 427 g/mol. The lowest BCUT2D eigenvalue weighted by atomic mass is 10.1. The van der Waals surface area contributed by atoms with Crippen LogP contribution in [-0.2, 0) is 10.0 Å². The Morgan fingerprint density at radius 2 is 1.75 bits per heavy atom. The molecule has 0 amide bonds. The molecule has 20 heavy (non-hydrogen) atoms. The van der Waals surface area contributed by atoms with Gasteiger partial charge in [-0.25, -0.2) is 13.6 Å². The highest BCUT2D eigenvalue weighted by molar-refractivity contribution is 9.11. The number of ether oxygens (including phenoxy) is 1. The van der Waals surface area contributed by atoms with Gasteiger partial charge < -0.3 is 4.74 Å². The van der Waals surface area contributed by atoms with Crippen LogP contribution in [0.5, 0.6) is 5.75 Å². The molecule has 2 N–H and O–H groups in total. The average Bonchev–Trinajstić information content (AvgIpc) is 2.84. The van der Waals surface area contributed by atoms with Gasteiger partial charge in [0.05, 0.1) is 20.4 Å². The lowest BCUT2D eigenvalue weighted by Crippen LogP contribution is -2.12. The zero-order valence-corrected chi connectivity index (χ0v) is 14.9. The second kappa shape index (κ2) is 6.77. The summed E-state index contributed by atoms with van der Waals surface area (Å²) >= 11 is 6.66. The Bertz CT molecular complexity index is 560. The summed E-state index contributed by atoms with van der Waals surface area (Å²) < 4.78 is 29.6. The van der Waals surface area contributed by atoms with Gasteiger partial charge in [0.2, 0.25) is 10.0 Å². The van der Waals surface area contributed by atoms with Crippen molar-refractivity contribution in [3.63, 3.8) is 0 Å². The zero-order valence-electron chi connectivity index (χ0n) is 10.9. The number of halogens is 2. The van der Waals surface area contributed by atoms with Gasteiger partial charge in [-0.3, -0.25) is 0 Å². The Labute approximate surface area is 136 Å². The maximum atomic E-state index is 11.3. The Morgan fingerprint density at radius 1 is 1.20 bits per heavy atom. The third-order valence-electron chi connectivity index (χ3n) is 3.55. The molecule has 1 aromatic carbocycles. The smallest absolute Gasteiger partial charge is 0.238 e. The second-order valence-corrected chi connectivity index (χ2v) is 8.32. The van der Waals surface area contributed by atoms with Crippen molar-refractivity contribution in [1.82, 2.24) is 0 Å². The van der Waals surface area contributed by atoms with Crippen LogP contribution in [0.3, 0.4) is 0 Å². The van der Waals surface area contributed by atoms with Crippen molar-refractivity contribution in [2.75, 3.05) is 6.61 Å². The Kier molecular flexibility index (Phi) is 5.50. The molecule has 0 aromatic heterocycles. The van der Waals surface area contributed by atoms with Crippen LogP contribution in [0.15, 0.2) is 26.0 Å². The van der Waals surface area contributed by atoms with Crippen molar-refractivity contribution >= 4 is 41.9 Å². The topological polar surface area (TPSA) is 69.4 Å². The second-order valence-electron chi connectivity index (χ2n) is 5.05. The Morgan fingerprint density at radius 3 is 2.25 bits per heavy atom. The molecule has 0 bridgehead atoms. The van der Waals surface area contributed by atoms with E-state index < -0.39 is 10.0 Å². The third-order valence-corrected chi connectivity index (χ3v) is 5.62. The van der Waals surface area contributed by atoms with Gasteiger partial charge in [-0.05, 0) is 56.3 Å². The summed E-state index contributed by atoms with van der Waals surface area (Å²) in [6.45, 7) is 0.636. The summed E-state index contributed by atoms with van der Waals surface area (Å²) in [5.41, 5.74) is 0. The monoisotopic (exact) mass is 425 g/mol. The normalized spacial score (nSPS) is 16.6. The third kappa shape index (κ3) is 4.19. The van der Waals surface area contributed by atoms with E-state index in [1.165, 1.54) is 37.8 Å². The van der Waals surface area contributed by atoms with E-state index in [2.05, 4.69) is 31.9 Å². The van der Waals surface area contributed by atoms with Gasteiger partial charge in [-0.15, -0.1) is 0 Å². The number of hydrogen-bond acceptors (Lipinski definition) is 3. The Balaban J connectivity index is 2.04. The van der Waals surface area contributed by atoms with Crippen molar-refractivity contribution in [3.8, 4) is 5.75 Å². The predicted molar refractivity (Wildman–Crippen MR) is 85.3 cm³/mol. The van der Waals surface area contributed by atoms with Gasteiger partial charge in [-0.1, -0.05) is 25.7 Å². The highest BCUT2D eigenvalue weighted by Gasteiger charge is 2.17. The summed E-state index contributed by atoms with van der Waals surface area (Å²) in [6.07, 6.45) is 6.25. The van der Waals surface area contributed by atoms with Crippen molar-refractivity contribution in [1.29, 1.82) is 0 Å². The van der Waals surface area contributed by atoms with Crippen molar-refractivity contribution in [2.45, 2.75) is 37.0 Å². The fraction of sp³-hybridized carbons (Fsp3) is 0.538. The van der Waals surface area contributed by atoms with E-state index in [1.807, 2.05) is 0 Å². The van der Waals surface area contributed by atoms with Gasteiger partial charge in [0, 0.05) is 0 Å². The molecule has 0 spiro atoms. The van der Waals surface area contributed by atoms with Crippen molar-refractivity contribution in [2.24, 2.45) is 11.1 Å². The number of sulfonamides is 1. The highest BCUT2D eigenvalue weighted by Crippen LogP contribution is 2.36. The van der Waals surface area contributed by atoms with E-state index in [9.17, 15) is 8.42 Å². The molecule has 0 atom stereocenters. The summed E-state index contributed by atoms with van der Waals surface area (Å²) in [6, 6.07) is 2.93.